The first-order chi connectivity index (χ1) is 16.6. The van der Waals surface area contributed by atoms with E-state index < -0.39 is 17.6 Å². The van der Waals surface area contributed by atoms with Crippen molar-refractivity contribution in [2.75, 3.05) is 13.1 Å². The minimum atomic E-state index is -4.54. The molecule has 0 atom stereocenters. The molecule has 1 fully saturated rings. The summed E-state index contributed by atoms with van der Waals surface area (Å²) in [5.41, 5.74) is 0.764. The highest BCUT2D eigenvalue weighted by atomic mass is 35.5. The fourth-order valence-corrected chi connectivity index (χ4v) is 5.11. The number of halogens is 6. The smallest absolute Gasteiger partial charge is 0.370 e. The van der Waals surface area contributed by atoms with Crippen molar-refractivity contribution in [1.82, 2.24) is 10.6 Å². The molecule has 1 saturated carbocycles. The summed E-state index contributed by atoms with van der Waals surface area (Å²) >= 11 is 18.4. The predicted octanol–water partition coefficient (Wildman–Crippen LogP) is 7.04. The summed E-state index contributed by atoms with van der Waals surface area (Å²) in [5, 5.41) is 7.41. The maximum absolute atomic E-state index is 13.0. The second-order valence-electron chi connectivity index (χ2n) is 8.70. The van der Waals surface area contributed by atoms with Gasteiger partial charge in [0.15, 0.2) is 0 Å². The van der Waals surface area contributed by atoms with Crippen molar-refractivity contribution >= 4 is 52.1 Å². The van der Waals surface area contributed by atoms with Crippen molar-refractivity contribution < 1.29 is 18.0 Å². The van der Waals surface area contributed by atoms with Crippen LogP contribution >= 0.6 is 34.8 Å². The Morgan fingerprint density at radius 1 is 1.00 bits per heavy atom. The molecule has 4 rings (SSSR count). The number of benzene rings is 2. The Labute approximate surface area is 216 Å². The largest absolute Gasteiger partial charge is 0.416 e. The van der Waals surface area contributed by atoms with Crippen molar-refractivity contribution in [3.05, 3.63) is 74.2 Å². The van der Waals surface area contributed by atoms with Gasteiger partial charge >= 0.3 is 6.18 Å². The maximum atomic E-state index is 13.0. The second-order valence-corrected chi connectivity index (χ2v) is 9.95. The lowest BCUT2D eigenvalue weighted by atomic mass is 9.85. The van der Waals surface area contributed by atoms with Crippen LogP contribution in [0.5, 0.6) is 0 Å². The van der Waals surface area contributed by atoms with Crippen LogP contribution in [0.1, 0.15) is 47.2 Å². The highest BCUT2D eigenvalue weighted by Gasteiger charge is 2.32. The van der Waals surface area contributed by atoms with Crippen molar-refractivity contribution in [2.45, 2.75) is 37.9 Å². The number of nitrogens with zero attached hydrogens (tertiary/aromatic N) is 1. The Morgan fingerprint density at radius 3 is 2.43 bits per heavy atom. The molecule has 1 amide bonds. The number of amidine groups is 1. The van der Waals surface area contributed by atoms with Gasteiger partial charge in [0.05, 0.1) is 22.7 Å². The summed E-state index contributed by atoms with van der Waals surface area (Å²) in [4.78, 5) is 17.1. The van der Waals surface area contributed by atoms with E-state index in [0.717, 1.165) is 67.4 Å². The highest BCUT2D eigenvalue weighted by Crippen LogP contribution is 2.33. The molecule has 2 aliphatic rings. The Hall–Kier alpha value is -2.22. The third kappa shape index (κ3) is 6.32. The number of nitrogens with one attached hydrogen (secondary N) is 2. The van der Waals surface area contributed by atoms with E-state index in [9.17, 15) is 18.0 Å². The number of hydrogen-bond acceptors (Lipinski definition) is 3. The van der Waals surface area contributed by atoms with E-state index in [1.165, 1.54) is 0 Å². The van der Waals surface area contributed by atoms with Crippen molar-refractivity contribution in [1.29, 1.82) is 0 Å². The Kier molecular flexibility index (Phi) is 7.99. The minimum Gasteiger partial charge on any atom is -0.370 e. The van der Waals surface area contributed by atoms with Crippen LogP contribution in [0.4, 0.5) is 13.2 Å². The normalized spacial score (nSPS) is 20.3. The number of alkyl halides is 3. The summed E-state index contributed by atoms with van der Waals surface area (Å²) in [6, 6.07) is 8.04. The zero-order chi connectivity index (χ0) is 25.2. The summed E-state index contributed by atoms with van der Waals surface area (Å²) in [6.45, 7) is 1.30. The summed E-state index contributed by atoms with van der Waals surface area (Å²) < 4.78 is 39.0. The second kappa shape index (κ2) is 10.8. The van der Waals surface area contributed by atoms with Gasteiger partial charge in [-0.25, -0.2) is 0 Å². The van der Waals surface area contributed by atoms with E-state index in [1.54, 1.807) is 12.1 Å². The SMILES string of the molecule is O=C(NC1CCC(CNC2=NCC=C2c2ccc(Cl)cc2Cl)CC1)c1cc(C(F)(F)F)ccc1Cl. The summed E-state index contributed by atoms with van der Waals surface area (Å²) in [6.07, 6.45) is 0.662. The quantitative estimate of drug-likeness (QED) is 0.424. The first kappa shape index (κ1) is 25.9. The number of carbonyl (C=O) groups is 1. The minimum absolute atomic E-state index is 0.00428. The lowest BCUT2D eigenvalue weighted by Crippen LogP contribution is -2.40. The molecule has 1 aliphatic carbocycles. The maximum Gasteiger partial charge on any atom is 0.416 e. The summed E-state index contributed by atoms with van der Waals surface area (Å²) in [5.74, 6) is 0.590. The predicted molar refractivity (Wildman–Crippen MR) is 134 cm³/mol. The highest BCUT2D eigenvalue weighted by molar-refractivity contribution is 6.38. The molecule has 0 aromatic heterocycles. The molecule has 0 unspecified atom stereocenters. The van der Waals surface area contributed by atoms with Crippen LogP contribution in [0.15, 0.2) is 47.5 Å². The average Bonchev–Trinajstić information content (AvgIpc) is 3.26. The fourth-order valence-electron chi connectivity index (χ4n) is 4.40. The molecule has 0 bridgehead atoms. The van der Waals surface area contributed by atoms with E-state index in [4.69, 9.17) is 34.8 Å². The van der Waals surface area contributed by atoms with Gasteiger partial charge in [-0.1, -0.05) is 46.9 Å². The van der Waals surface area contributed by atoms with E-state index >= 15 is 0 Å². The van der Waals surface area contributed by atoms with Crippen molar-refractivity contribution in [2.24, 2.45) is 10.9 Å². The Bertz CT molecular complexity index is 1170. The fraction of sp³-hybridized carbons (Fsp3) is 0.360. The number of aliphatic imine (C=N–C) groups is 1. The number of hydrogen-bond donors (Lipinski definition) is 2. The zero-order valence-corrected chi connectivity index (χ0v) is 20.8. The van der Waals surface area contributed by atoms with Crippen LogP contribution in [0.25, 0.3) is 5.57 Å². The third-order valence-electron chi connectivity index (χ3n) is 6.30. The lowest BCUT2D eigenvalue weighted by Gasteiger charge is -2.29. The van der Waals surface area contributed by atoms with Gasteiger partial charge in [0.2, 0.25) is 0 Å². The molecular weight excluding hydrogens is 522 g/mol. The number of rotatable bonds is 5. The van der Waals surface area contributed by atoms with Gasteiger partial charge in [-0.3, -0.25) is 9.79 Å². The van der Waals surface area contributed by atoms with Gasteiger partial charge in [0.1, 0.15) is 5.84 Å². The molecule has 1 heterocycles. The molecule has 186 valence electrons. The molecule has 0 radical (unpaired) electrons. The number of carbonyl (C=O) groups excluding carboxylic acids is 1. The average molecular weight is 545 g/mol. The molecule has 4 nitrogen and oxygen atoms in total. The molecule has 2 N–H and O–H groups in total. The van der Waals surface area contributed by atoms with Gasteiger partial charge in [-0.05, 0) is 61.9 Å². The van der Waals surface area contributed by atoms with Gasteiger partial charge in [0.25, 0.3) is 5.91 Å². The monoisotopic (exact) mass is 543 g/mol. The lowest BCUT2D eigenvalue weighted by molar-refractivity contribution is -0.137. The third-order valence-corrected chi connectivity index (χ3v) is 7.18. The topological polar surface area (TPSA) is 53.5 Å². The van der Waals surface area contributed by atoms with Gasteiger partial charge in [-0.2, -0.15) is 13.2 Å². The van der Waals surface area contributed by atoms with Gasteiger partial charge in [-0.15, -0.1) is 0 Å². The molecule has 0 saturated heterocycles. The number of amides is 1. The molecular formula is C25H23Cl3F3N3O. The molecule has 2 aromatic carbocycles. The molecule has 10 heteroatoms. The van der Waals surface area contributed by atoms with Crippen molar-refractivity contribution in [3.63, 3.8) is 0 Å². The van der Waals surface area contributed by atoms with Crippen LogP contribution in [0.3, 0.4) is 0 Å². The Balaban J connectivity index is 1.28. The van der Waals surface area contributed by atoms with Crippen LogP contribution in [0, 0.1) is 5.92 Å². The van der Waals surface area contributed by atoms with Gasteiger partial charge < -0.3 is 10.6 Å². The summed E-state index contributed by atoms with van der Waals surface area (Å²) in [7, 11) is 0. The molecule has 1 aliphatic heterocycles. The first-order valence-corrected chi connectivity index (χ1v) is 12.4. The van der Waals surface area contributed by atoms with Gasteiger partial charge in [0, 0.05) is 33.8 Å². The van der Waals surface area contributed by atoms with E-state index in [-0.39, 0.29) is 16.6 Å². The standard InChI is InChI=1S/C25H23Cl3F3N3O/c26-16-4-7-18(22(28)12-16)19-9-10-32-23(19)33-13-14-1-5-17(6-2-14)34-24(35)20-11-15(25(29,30)31)3-8-21(20)27/h3-4,7-9,11-12,14,17H,1-2,5-6,10,13H2,(H,32,33)(H,34,35). The van der Waals surface area contributed by atoms with Crippen LogP contribution < -0.4 is 10.6 Å². The van der Waals surface area contributed by atoms with Crippen molar-refractivity contribution in [3.8, 4) is 0 Å². The van der Waals surface area contributed by atoms with Crippen LogP contribution in [-0.2, 0) is 6.18 Å². The Morgan fingerprint density at radius 2 is 1.74 bits per heavy atom. The van der Waals surface area contributed by atoms with E-state index in [2.05, 4.69) is 15.6 Å². The van der Waals surface area contributed by atoms with E-state index in [0.29, 0.717) is 22.5 Å². The van der Waals surface area contributed by atoms with E-state index in [1.807, 2.05) is 12.1 Å². The van der Waals surface area contributed by atoms with Crippen LogP contribution in [0.2, 0.25) is 15.1 Å². The molecule has 35 heavy (non-hydrogen) atoms. The molecule has 2 aromatic rings. The van der Waals surface area contributed by atoms with Crippen LogP contribution in [-0.4, -0.2) is 30.9 Å². The molecule has 0 spiro atoms. The first-order valence-electron chi connectivity index (χ1n) is 11.2. The zero-order valence-electron chi connectivity index (χ0n) is 18.6.